The number of allylic oxidation sites excluding steroid dienone is 2. The summed E-state index contributed by atoms with van der Waals surface area (Å²) in [5.41, 5.74) is 5.85. The Labute approximate surface area is 130 Å². The van der Waals surface area contributed by atoms with E-state index in [4.69, 9.17) is 4.74 Å². The monoisotopic (exact) mass is 285 g/mol. The SMILES string of the molecule is CC1=C(CCCCCCOC(C)(C)C)c2ccccc2[CH]1. The lowest BCUT2D eigenvalue weighted by atomic mass is 9.99. The van der Waals surface area contributed by atoms with Gasteiger partial charge in [0.1, 0.15) is 0 Å². The summed E-state index contributed by atoms with van der Waals surface area (Å²) in [7, 11) is 0. The molecule has 1 nitrogen and oxygen atoms in total. The fourth-order valence-corrected chi connectivity index (χ4v) is 2.90. The summed E-state index contributed by atoms with van der Waals surface area (Å²) >= 11 is 0. The van der Waals surface area contributed by atoms with Crippen molar-refractivity contribution in [2.24, 2.45) is 0 Å². The van der Waals surface area contributed by atoms with Gasteiger partial charge in [0.25, 0.3) is 0 Å². The van der Waals surface area contributed by atoms with Crippen LogP contribution in [-0.4, -0.2) is 12.2 Å². The largest absolute Gasteiger partial charge is 0.376 e. The van der Waals surface area contributed by atoms with Crippen molar-refractivity contribution in [3.8, 4) is 0 Å². The molecule has 0 fully saturated rings. The third kappa shape index (κ3) is 5.00. The summed E-state index contributed by atoms with van der Waals surface area (Å²) in [6, 6.07) is 8.75. The molecule has 21 heavy (non-hydrogen) atoms. The molecule has 0 spiro atoms. The van der Waals surface area contributed by atoms with Crippen LogP contribution in [0.5, 0.6) is 0 Å². The Bertz CT molecular complexity index is 491. The average molecular weight is 285 g/mol. The van der Waals surface area contributed by atoms with E-state index in [0.29, 0.717) is 0 Å². The summed E-state index contributed by atoms with van der Waals surface area (Å²) < 4.78 is 5.76. The number of fused-ring (bicyclic) bond motifs is 1. The number of unbranched alkanes of at least 4 members (excludes halogenated alkanes) is 3. The first-order valence-electron chi connectivity index (χ1n) is 8.25. The molecular formula is C20H29O. The molecule has 2 rings (SSSR count). The molecule has 0 atom stereocenters. The zero-order valence-electron chi connectivity index (χ0n) is 14.0. The van der Waals surface area contributed by atoms with Gasteiger partial charge in [0.05, 0.1) is 5.60 Å². The maximum Gasteiger partial charge on any atom is 0.0598 e. The maximum absolute atomic E-state index is 5.76. The molecule has 0 unspecified atom stereocenters. The lowest BCUT2D eigenvalue weighted by Crippen LogP contribution is -2.19. The molecule has 1 radical (unpaired) electrons. The van der Waals surface area contributed by atoms with Crippen LogP contribution < -0.4 is 0 Å². The summed E-state index contributed by atoms with van der Waals surface area (Å²) in [6.45, 7) is 9.50. The second kappa shape index (κ2) is 7.26. The quantitative estimate of drug-likeness (QED) is 0.576. The van der Waals surface area contributed by atoms with Crippen LogP contribution in [0.15, 0.2) is 29.8 Å². The van der Waals surface area contributed by atoms with E-state index in [1.807, 2.05) is 0 Å². The minimum absolute atomic E-state index is 0.00527. The van der Waals surface area contributed by atoms with Gasteiger partial charge in [-0.05, 0) is 63.7 Å². The van der Waals surface area contributed by atoms with Gasteiger partial charge in [0.2, 0.25) is 0 Å². The highest BCUT2D eigenvalue weighted by molar-refractivity contribution is 5.79. The van der Waals surface area contributed by atoms with Crippen LogP contribution >= 0.6 is 0 Å². The number of ether oxygens (including phenoxy) is 1. The Balaban J connectivity index is 1.67. The summed E-state index contributed by atoms with van der Waals surface area (Å²) in [4.78, 5) is 0. The smallest absolute Gasteiger partial charge is 0.0598 e. The van der Waals surface area contributed by atoms with Crippen LogP contribution in [-0.2, 0) is 4.74 Å². The van der Waals surface area contributed by atoms with Crippen molar-refractivity contribution in [2.45, 2.75) is 65.4 Å². The third-order valence-corrected chi connectivity index (χ3v) is 3.99. The van der Waals surface area contributed by atoms with Crippen molar-refractivity contribution in [2.75, 3.05) is 6.61 Å². The third-order valence-electron chi connectivity index (χ3n) is 3.99. The molecule has 0 aliphatic heterocycles. The molecule has 0 amide bonds. The van der Waals surface area contributed by atoms with Crippen molar-refractivity contribution in [1.82, 2.24) is 0 Å². The average Bonchev–Trinajstić information content (AvgIpc) is 2.72. The molecule has 0 heterocycles. The topological polar surface area (TPSA) is 9.23 Å². The molecule has 1 aromatic rings. The lowest BCUT2D eigenvalue weighted by molar-refractivity contribution is -0.00472. The summed E-state index contributed by atoms with van der Waals surface area (Å²) in [5, 5.41) is 0. The van der Waals surface area contributed by atoms with Gasteiger partial charge < -0.3 is 4.74 Å². The van der Waals surface area contributed by atoms with Crippen molar-refractivity contribution in [1.29, 1.82) is 0 Å². The Morgan fingerprint density at radius 1 is 0.952 bits per heavy atom. The van der Waals surface area contributed by atoms with Crippen molar-refractivity contribution in [3.05, 3.63) is 47.4 Å². The first-order valence-corrected chi connectivity index (χ1v) is 8.25. The summed E-state index contributed by atoms with van der Waals surface area (Å²) in [6.07, 6.45) is 8.56. The molecule has 1 aliphatic carbocycles. The molecule has 0 N–H and O–H groups in total. The maximum atomic E-state index is 5.76. The molecule has 0 aromatic heterocycles. The first kappa shape index (κ1) is 16.3. The Kier molecular flexibility index (Phi) is 5.64. The minimum Gasteiger partial charge on any atom is -0.376 e. The molecule has 0 saturated carbocycles. The summed E-state index contributed by atoms with van der Waals surface area (Å²) in [5.74, 6) is 0. The number of hydrogen-bond acceptors (Lipinski definition) is 1. The minimum atomic E-state index is 0.00527. The molecule has 1 heteroatoms. The van der Waals surface area contributed by atoms with Crippen LogP contribution in [0.2, 0.25) is 0 Å². The predicted octanol–water partition coefficient (Wildman–Crippen LogP) is 5.79. The molecule has 1 aliphatic rings. The van der Waals surface area contributed by atoms with Crippen LogP contribution in [0.4, 0.5) is 0 Å². The Morgan fingerprint density at radius 3 is 2.43 bits per heavy atom. The van der Waals surface area contributed by atoms with Crippen LogP contribution in [0, 0.1) is 6.42 Å². The van der Waals surface area contributed by atoms with Gasteiger partial charge in [0.15, 0.2) is 0 Å². The fraction of sp³-hybridized carbons (Fsp3) is 0.550. The van der Waals surface area contributed by atoms with Crippen molar-refractivity contribution >= 4 is 5.57 Å². The molecule has 0 bridgehead atoms. The predicted molar refractivity (Wildman–Crippen MR) is 91.2 cm³/mol. The second-order valence-electron chi connectivity index (χ2n) is 7.02. The number of hydrogen-bond donors (Lipinski definition) is 0. The van der Waals surface area contributed by atoms with Crippen LogP contribution in [0.1, 0.15) is 70.9 Å². The lowest BCUT2D eigenvalue weighted by Gasteiger charge is -2.19. The fourth-order valence-electron chi connectivity index (χ4n) is 2.90. The van der Waals surface area contributed by atoms with E-state index in [9.17, 15) is 0 Å². The van der Waals surface area contributed by atoms with E-state index < -0.39 is 0 Å². The molecule has 115 valence electrons. The van der Waals surface area contributed by atoms with Gasteiger partial charge in [-0.2, -0.15) is 0 Å². The Morgan fingerprint density at radius 2 is 1.67 bits per heavy atom. The van der Waals surface area contributed by atoms with E-state index in [0.717, 1.165) is 6.61 Å². The van der Waals surface area contributed by atoms with E-state index in [1.54, 1.807) is 5.57 Å². The molecular weight excluding hydrogens is 256 g/mol. The highest BCUT2D eigenvalue weighted by Crippen LogP contribution is 2.36. The number of benzene rings is 1. The van der Waals surface area contributed by atoms with Crippen LogP contribution in [0.25, 0.3) is 5.57 Å². The molecule has 0 saturated heterocycles. The van der Waals surface area contributed by atoms with Crippen molar-refractivity contribution in [3.63, 3.8) is 0 Å². The standard InChI is InChI=1S/C20H29O/c1-16-15-17-11-8-9-13-19(17)18(16)12-7-5-6-10-14-21-20(2,3)4/h8-9,11,13,15H,5-7,10,12,14H2,1-4H3. The van der Waals surface area contributed by atoms with E-state index in [-0.39, 0.29) is 5.60 Å². The van der Waals surface area contributed by atoms with E-state index in [1.165, 1.54) is 48.8 Å². The molecule has 1 aromatic carbocycles. The van der Waals surface area contributed by atoms with Crippen LogP contribution in [0.3, 0.4) is 0 Å². The van der Waals surface area contributed by atoms with Gasteiger partial charge in [-0.15, -0.1) is 0 Å². The van der Waals surface area contributed by atoms with E-state index in [2.05, 4.69) is 58.4 Å². The highest BCUT2D eigenvalue weighted by atomic mass is 16.5. The number of rotatable bonds is 7. The normalized spacial score (nSPS) is 14.7. The van der Waals surface area contributed by atoms with Gasteiger partial charge in [-0.3, -0.25) is 0 Å². The zero-order valence-corrected chi connectivity index (χ0v) is 14.0. The second-order valence-corrected chi connectivity index (χ2v) is 7.02. The Hall–Kier alpha value is -1.08. The van der Waals surface area contributed by atoms with Crippen molar-refractivity contribution < 1.29 is 4.74 Å². The van der Waals surface area contributed by atoms with E-state index >= 15 is 0 Å². The van der Waals surface area contributed by atoms with Gasteiger partial charge in [-0.25, -0.2) is 0 Å². The first-order chi connectivity index (χ1) is 9.97. The van der Waals surface area contributed by atoms with Gasteiger partial charge in [-0.1, -0.05) is 42.7 Å². The zero-order chi connectivity index (χ0) is 15.3. The highest BCUT2D eigenvalue weighted by Gasteiger charge is 2.17. The van der Waals surface area contributed by atoms with Gasteiger partial charge >= 0.3 is 0 Å². The van der Waals surface area contributed by atoms with Gasteiger partial charge in [0, 0.05) is 13.0 Å².